The fraction of sp³-hybridized carbons (Fsp3) is 0. The number of ketones is 2. The topological polar surface area (TPSA) is 70.5 Å². The molecule has 0 N–H and O–H groups in total. The normalized spacial score (nSPS) is 9.81. The Morgan fingerprint density at radius 3 is 1.38 bits per heavy atom. The van der Waals surface area contributed by atoms with Crippen molar-refractivity contribution in [1.82, 2.24) is 0 Å². The predicted molar refractivity (Wildman–Crippen MR) is 70.1 cm³/mol. The molecule has 0 spiro atoms. The number of hydrogen-bond acceptors (Lipinski definition) is 2. The molecule has 0 saturated heterocycles. The Kier molecular flexibility index (Phi) is 4.11. The van der Waals surface area contributed by atoms with Gasteiger partial charge in [-0.3, -0.25) is 9.59 Å². The maximum Gasteiger partial charge on any atom is 0.409 e. The van der Waals surface area contributed by atoms with Crippen LogP contribution >= 0.6 is 0 Å². The van der Waals surface area contributed by atoms with Gasteiger partial charge in [-0.05, 0) is 48.5 Å². The summed E-state index contributed by atoms with van der Waals surface area (Å²) < 4.78 is 25.6. The molecule has 0 saturated carbocycles. The summed E-state index contributed by atoms with van der Waals surface area (Å²) in [7, 11) is 0. The maximum atomic E-state index is 12.8. The van der Waals surface area contributed by atoms with E-state index in [1.54, 1.807) is 0 Å². The molecule has 0 heterocycles. The molecule has 0 aromatic heterocycles. The SMILES string of the molecule is [N-]=[N+]=C(C(=O)c1ccc(F)cc1)C(=O)c1ccc(F)cc1. The molecule has 0 atom stereocenters. The monoisotopic (exact) mass is 286 g/mol. The highest BCUT2D eigenvalue weighted by Crippen LogP contribution is 2.09. The van der Waals surface area contributed by atoms with Crippen molar-refractivity contribution in [3.63, 3.8) is 0 Å². The molecule has 0 aliphatic heterocycles. The fourth-order valence-corrected chi connectivity index (χ4v) is 1.67. The van der Waals surface area contributed by atoms with Crippen LogP contribution in [0.1, 0.15) is 20.7 Å². The van der Waals surface area contributed by atoms with E-state index in [4.69, 9.17) is 5.53 Å². The minimum Gasteiger partial charge on any atom is -0.360 e. The molecule has 4 nitrogen and oxygen atoms in total. The van der Waals surface area contributed by atoms with Gasteiger partial charge in [0.1, 0.15) is 11.6 Å². The highest BCUT2D eigenvalue weighted by molar-refractivity contribution is 6.70. The number of hydrogen-bond donors (Lipinski definition) is 0. The zero-order valence-electron chi connectivity index (χ0n) is 10.6. The molecule has 0 unspecified atom stereocenters. The van der Waals surface area contributed by atoms with Crippen molar-refractivity contribution < 1.29 is 23.2 Å². The van der Waals surface area contributed by atoms with E-state index in [-0.39, 0.29) is 11.1 Å². The Balaban J connectivity index is 2.33. The van der Waals surface area contributed by atoms with Crippen LogP contribution in [0.15, 0.2) is 48.5 Å². The molecule has 2 aromatic carbocycles. The molecule has 6 heteroatoms. The molecule has 0 radical (unpaired) electrons. The van der Waals surface area contributed by atoms with Crippen LogP contribution in [-0.2, 0) is 0 Å². The number of carbonyl (C=O) groups excluding carboxylic acids is 2. The van der Waals surface area contributed by atoms with E-state index in [0.29, 0.717) is 0 Å². The first-order chi connectivity index (χ1) is 10.0. The van der Waals surface area contributed by atoms with E-state index in [2.05, 4.69) is 4.79 Å². The zero-order valence-corrected chi connectivity index (χ0v) is 10.6. The molecule has 0 amide bonds. The summed E-state index contributed by atoms with van der Waals surface area (Å²) in [4.78, 5) is 26.8. The molecule has 21 heavy (non-hydrogen) atoms. The van der Waals surface area contributed by atoms with E-state index in [0.717, 1.165) is 24.3 Å². The van der Waals surface area contributed by atoms with Gasteiger partial charge >= 0.3 is 5.71 Å². The number of halogens is 2. The van der Waals surface area contributed by atoms with Crippen LogP contribution in [0.5, 0.6) is 0 Å². The lowest BCUT2D eigenvalue weighted by Crippen LogP contribution is -2.25. The van der Waals surface area contributed by atoms with E-state index in [1.165, 1.54) is 24.3 Å². The minimum absolute atomic E-state index is 0.000313. The van der Waals surface area contributed by atoms with Gasteiger partial charge in [0.15, 0.2) is 0 Å². The van der Waals surface area contributed by atoms with Gasteiger partial charge < -0.3 is 5.53 Å². The number of benzene rings is 2. The second-order valence-corrected chi connectivity index (χ2v) is 4.12. The molecule has 0 aliphatic rings. The standard InChI is InChI=1S/C15H8F2N2O2/c16-11-5-1-9(2-6-11)14(20)13(19-18)15(21)10-3-7-12(17)8-4-10/h1-8H. The smallest absolute Gasteiger partial charge is 0.360 e. The zero-order chi connectivity index (χ0) is 15.4. The lowest BCUT2D eigenvalue weighted by Gasteiger charge is -1.98. The quantitative estimate of drug-likeness (QED) is 0.285. The van der Waals surface area contributed by atoms with Gasteiger partial charge in [-0.25, -0.2) is 8.78 Å². The summed E-state index contributed by atoms with van der Waals surface area (Å²) in [6, 6.07) is 8.85. The summed E-state index contributed by atoms with van der Waals surface area (Å²) in [6.45, 7) is 0. The Hall–Kier alpha value is -2.98. The maximum absolute atomic E-state index is 12.8. The first kappa shape index (κ1) is 14.4. The lowest BCUT2D eigenvalue weighted by atomic mass is 9.99. The fourth-order valence-electron chi connectivity index (χ4n) is 1.67. The van der Waals surface area contributed by atoms with Crippen molar-refractivity contribution >= 4 is 17.3 Å². The Labute approximate surface area is 118 Å². The van der Waals surface area contributed by atoms with E-state index in [9.17, 15) is 18.4 Å². The highest BCUT2D eigenvalue weighted by Gasteiger charge is 2.31. The molecule has 2 aromatic rings. The molecule has 104 valence electrons. The average molecular weight is 286 g/mol. The van der Waals surface area contributed by atoms with Gasteiger partial charge in [-0.2, -0.15) is 4.79 Å². The third-order valence-electron chi connectivity index (χ3n) is 2.74. The second-order valence-electron chi connectivity index (χ2n) is 4.12. The van der Waals surface area contributed by atoms with Gasteiger partial charge in [0.2, 0.25) is 0 Å². The van der Waals surface area contributed by atoms with Gasteiger partial charge in [0.25, 0.3) is 11.6 Å². The van der Waals surface area contributed by atoms with E-state index in [1.807, 2.05) is 0 Å². The van der Waals surface area contributed by atoms with Gasteiger partial charge in [-0.1, -0.05) is 0 Å². The lowest BCUT2D eigenvalue weighted by molar-refractivity contribution is -0.00699. The summed E-state index contributed by atoms with van der Waals surface area (Å²) in [6.07, 6.45) is 0. The van der Waals surface area contributed by atoms with Crippen molar-refractivity contribution in [2.75, 3.05) is 0 Å². The van der Waals surface area contributed by atoms with Crippen LogP contribution in [0.2, 0.25) is 0 Å². The number of rotatable bonds is 4. The second kappa shape index (κ2) is 5.98. The minimum atomic E-state index is -0.855. The van der Waals surface area contributed by atoms with Crippen molar-refractivity contribution in [3.05, 3.63) is 76.8 Å². The average Bonchev–Trinajstić information content (AvgIpc) is 2.49. The van der Waals surface area contributed by atoms with Crippen LogP contribution < -0.4 is 0 Å². The Bertz CT molecular complexity index is 687. The van der Waals surface area contributed by atoms with Crippen molar-refractivity contribution in [2.24, 2.45) is 0 Å². The van der Waals surface area contributed by atoms with Crippen LogP contribution in [0.4, 0.5) is 8.78 Å². The highest BCUT2D eigenvalue weighted by atomic mass is 19.1. The van der Waals surface area contributed by atoms with Gasteiger partial charge in [0, 0.05) is 11.1 Å². The van der Waals surface area contributed by atoms with Crippen LogP contribution in [-0.4, -0.2) is 22.1 Å². The number of nitrogens with zero attached hydrogens (tertiary/aromatic N) is 2. The summed E-state index contributed by atoms with van der Waals surface area (Å²) >= 11 is 0. The van der Waals surface area contributed by atoms with Crippen molar-refractivity contribution in [3.8, 4) is 0 Å². The van der Waals surface area contributed by atoms with E-state index < -0.39 is 28.9 Å². The summed E-state index contributed by atoms with van der Waals surface area (Å²) in [5, 5.41) is 0. The van der Waals surface area contributed by atoms with Gasteiger partial charge in [-0.15, -0.1) is 0 Å². The molecular formula is C15H8F2N2O2. The molecular weight excluding hydrogens is 278 g/mol. The molecule has 0 aliphatic carbocycles. The Morgan fingerprint density at radius 2 is 1.10 bits per heavy atom. The predicted octanol–water partition coefficient (Wildman–Crippen LogP) is 2.70. The molecule has 0 fully saturated rings. The summed E-state index contributed by atoms with van der Waals surface area (Å²) in [5.74, 6) is -2.79. The van der Waals surface area contributed by atoms with E-state index >= 15 is 0 Å². The first-order valence-corrected chi connectivity index (χ1v) is 5.85. The molecule has 0 bridgehead atoms. The van der Waals surface area contributed by atoms with Crippen molar-refractivity contribution in [1.29, 1.82) is 0 Å². The third kappa shape index (κ3) is 3.13. The number of Topliss-reactive ketones (excluding diaryl/α,β-unsaturated/α-hetero) is 2. The van der Waals surface area contributed by atoms with Crippen LogP contribution in [0, 0.1) is 11.6 Å². The van der Waals surface area contributed by atoms with Gasteiger partial charge in [0.05, 0.1) is 0 Å². The van der Waals surface area contributed by atoms with Crippen LogP contribution in [0.3, 0.4) is 0 Å². The van der Waals surface area contributed by atoms with Crippen molar-refractivity contribution in [2.45, 2.75) is 0 Å². The summed E-state index contributed by atoms with van der Waals surface area (Å²) in [5.41, 5.74) is 8.17. The Morgan fingerprint density at radius 1 is 0.762 bits per heavy atom. The van der Waals surface area contributed by atoms with Crippen LogP contribution in [0.25, 0.3) is 5.53 Å². The third-order valence-corrected chi connectivity index (χ3v) is 2.74. The first-order valence-electron chi connectivity index (χ1n) is 5.85. The number of carbonyl (C=O) groups is 2. The molecule has 2 rings (SSSR count). The largest absolute Gasteiger partial charge is 0.409 e.